The van der Waals surface area contributed by atoms with Crippen LogP contribution >= 0.6 is 15.9 Å². The number of Topliss-reactive ketones (excluding diaryl/α,β-unsaturated/α-hetero) is 1. The Bertz CT molecular complexity index is 545. The van der Waals surface area contributed by atoms with Crippen molar-refractivity contribution < 1.29 is 14.5 Å². The van der Waals surface area contributed by atoms with E-state index < -0.39 is 10.3 Å². The van der Waals surface area contributed by atoms with E-state index in [9.17, 15) is 14.9 Å². The SMILES string of the molecule is CCC1(C)C(=O)CC1Oc1cc(Br)cc([N+](=O)[O-])c1. The van der Waals surface area contributed by atoms with Gasteiger partial charge in [0.05, 0.1) is 16.4 Å². The molecule has 2 unspecified atom stereocenters. The number of nitro groups is 1. The number of non-ortho nitro benzene ring substituents is 1. The van der Waals surface area contributed by atoms with Gasteiger partial charge in [0.1, 0.15) is 17.6 Å². The van der Waals surface area contributed by atoms with E-state index in [-0.39, 0.29) is 17.6 Å². The summed E-state index contributed by atoms with van der Waals surface area (Å²) in [6.07, 6.45) is 0.857. The van der Waals surface area contributed by atoms with Gasteiger partial charge in [-0.15, -0.1) is 0 Å². The second-order valence-corrected chi connectivity index (χ2v) is 5.82. The molecule has 1 aliphatic carbocycles. The summed E-state index contributed by atoms with van der Waals surface area (Å²) in [7, 11) is 0. The minimum atomic E-state index is -0.475. The van der Waals surface area contributed by atoms with Gasteiger partial charge in [-0.3, -0.25) is 14.9 Å². The monoisotopic (exact) mass is 327 g/mol. The molecule has 0 saturated heterocycles. The third-order valence-corrected chi connectivity index (χ3v) is 4.26. The molecule has 0 aliphatic heterocycles. The molecule has 0 amide bonds. The van der Waals surface area contributed by atoms with Gasteiger partial charge in [0.2, 0.25) is 0 Å². The van der Waals surface area contributed by atoms with Gasteiger partial charge in [0.25, 0.3) is 5.69 Å². The number of carbonyl (C=O) groups excluding carboxylic acids is 1. The van der Waals surface area contributed by atoms with Crippen LogP contribution in [0, 0.1) is 15.5 Å². The van der Waals surface area contributed by atoms with Crippen LogP contribution in [0.25, 0.3) is 0 Å². The maximum Gasteiger partial charge on any atom is 0.274 e. The van der Waals surface area contributed by atoms with Crippen LogP contribution in [0.2, 0.25) is 0 Å². The summed E-state index contributed by atoms with van der Waals surface area (Å²) in [5, 5.41) is 10.8. The fraction of sp³-hybridized carbons (Fsp3) is 0.462. The quantitative estimate of drug-likeness (QED) is 0.627. The van der Waals surface area contributed by atoms with Gasteiger partial charge in [-0.2, -0.15) is 0 Å². The molecule has 1 aromatic rings. The van der Waals surface area contributed by atoms with E-state index in [1.165, 1.54) is 12.1 Å². The minimum Gasteiger partial charge on any atom is -0.489 e. The molecule has 1 aliphatic rings. The highest BCUT2D eigenvalue weighted by Crippen LogP contribution is 2.43. The Balaban J connectivity index is 2.21. The maximum atomic E-state index is 11.6. The molecule has 0 bridgehead atoms. The van der Waals surface area contributed by atoms with Crippen LogP contribution in [0.4, 0.5) is 5.69 Å². The Hall–Kier alpha value is -1.43. The number of hydrogen-bond acceptors (Lipinski definition) is 4. The van der Waals surface area contributed by atoms with Gasteiger partial charge in [-0.05, 0) is 19.4 Å². The Morgan fingerprint density at radius 1 is 1.53 bits per heavy atom. The number of carbonyl (C=O) groups is 1. The zero-order chi connectivity index (χ0) is 14.2. The van der Waals surface area contributed by atoms with Crippen molar-refractivity contribution >= 4 is 27.4 Å². The predicted molar refractivity (Wildman–Crippen MR) is 73.2 cm³/mol. The zero-order valence-electron chi connectivity index (χ0n) is 10.7. The molecule has 0 heterocycles. The Morgan fingerprint density at radius 3 is 2.74 bits per heavy atom. The number of ether oxygens (including phenoxy) is 1. The van der Waals surface area contributed by atoms with E-state index in [1.807, 2.05) is 13.8 Å². The van der Waals surface area contributed by atoms with Crippen molar-refractivity contribution in [3.8, 4) is 5.75 Å². The number of nitrogens with zero attached hydrogens (tertiary/aromatic N) is 1. The second kappa shape index (κ2) is 4.92. The van der Waals surface area contributed by atoms with Crippen LogP contribution in [0.5, 0.6) is 5.75 Å². The molecule has 1 saturated carbocycles. The Labute approximate surface area is 119 Å². The van der Waals surface area contributed by atoms with Crippen LogP contribution in [-0.4, -0.2) is 16.8 Å². The average molecular weight is 328 g/mol. The molecule has 0 N–H and O–H groups in total. The summed E-state index contributed by atoms with van der Waals surface area (Å²) in [6, 6.07) is 4.47. The van der Waals surface area contributed by atoms with Crippen molar-refractivity contribution in [2.45, 2.75) is 32.8 Å². The van der Waals surface area contributed by atoms with Crippen LogP contribution in [0.3, 0.4) is 0 Å². The lowest BCUT2D eigenvalue weighted by Gasteiger charge is -2.44. The molecule has 6 heteroatoms. The largest absolute Gasteiger partial charge is 0.489 e. The van der Waals surface area contributed by atoms with Gasteiger partial charge >= 0.3 is 0 Å². The van der Waals surface area contributed by atoms with Gasteiger partial charge in [-0.1, -0.05) is 22.9 Å². The molecular weight excluding hydrogens is 314 g/mol. The van der Waals surface area contributed by atoms with Gasteiger partial charge < -0.3 is 4.74 Å². The molecule has 0 aromatic heterocycles. The first-order valence-electron chi connectivity index (χ1n) is 6.01. The maximum absolute atomic E-state index is 11.6. The van der Waals surface area contributed by atoms with Crippen molar-refractivity contribution in [2.24, 2.45) is 5.41 Å². The molecule has 0 spiro atoms. The average Bonchev–Trinajstić information content (AvgIpc) is 2.36. The minimum absolute atomic E-state index is 0.0340. The first kappa shape index (κ1) is 14.0. The fourth-order valence-corrected chi connectivity index (χ4v) is 2.62. The van der Waals surface area contributed by atoms with Crippen LogP contribution in [0.15, 0.2) is 22.7 Å². The molecule has 1 aromatic carbocycles. The highest BCUT2D eigenvalue weighted by Gasteiger charge is 2.51. The molecule has 2 atom stereocenters. The lowest BCUT2D eigenvalue weighted by Crippen LogP contribution is -2.54. The summed E-state index contributed by atoms with van der Waals surface area (Å²) < 4.78 is 6.33. The number of halogens is 1. The van der Waals surface area contributed by atoms with Crippen molar-refractivity contribution in [1.82, 2.24) is 0 Å². The normalized spacial score (nSPS) is 25.8. The van der Waals surface area contributed by atoms with Gasteiger partial charge in [0.15, 0.2) is 0 Å². The number of hydrogen-bond donors (Lipinski definition) is 0. The second-order valence-electron chi connectivity index (χ2n) is 4.91. The molecular formula is C13H14BrNO4. The zero-order valence-corrected chi connectivity index (χ0v) is 12.3. The fourth-order valence-electron chi connectivity index (χ4n) is 2.16. The summed E-state index contributed by atoms with van der Waals surface area (Å²) in [4.78, 5) is 21.9. The first-order valence-corrected chi connectivity index (χ1v) is 6.81. The summed E-state index contributed by atoms with van der Waals surface area (Å²) >= 11 is 3.22. The van der Waals surface area contributed by atoms with E-state index in [2.05, 4.69) is 15.9 Å². The van der Waals surface area contributed by atoms with Crippen LogP contribution in [0.1, 0.15) is 26.7 Å². The van der Waals surface area contributed by atoms with E-state index in [4.69, 9.17) is 4.74 Å². The number of ketones is 1. The van der Waals surface area contributed by atoms with E-state index in [0.29, 0.717) is 23.1 Å². The third-order valence-electron chi connectivity index (χ3n) is 3.80. The highest BCUT2D eigenvalue weighted by atomic mass is 79.9. The summed E-state index contributed by atoms with van der Waals surface area (Å²) in [5.74, 6) is 0.600. The van der Waals surface area contributed by atoms with Gasteiger partial charge in [0, 0.05) is 17.0 Å². The summed E-state index contributed by atoms with van der Waals surface area (Å²) in [6.45, 7) is 3.81. The van der Waals surface area contributed by atoms with Crippen LogP contribution in [-0.2, 0) is 4.79 Å². The Kier molecular flexibility index (Phi) is 3.62. The highest BCUT2D eigenvalue weighted by molar-refractivity contribution is 9.10. The summed E-state index contributed by atoms with van der Waals surface area (Å²) in [5.41, 5.74) is -0.509. The number of rotatable bonds is 4. The number of benzene rings is 1. The lowest BCUT2D eigenvalue weighted by atomic mass is 9.64. The molecule has 0 radical (unpaired) electrons. The Morgan fingerprint density at radius 2 is 2.21 bits per heavy atom. The topological polar surface area (TPSA) is 69.4 Å². The molecule has 1 fully saturated rings. The van der Waals surface area contributed by atoms with Crippen LogP contribution < -0.4 is 4.74 Å². The standard InChI is InChI=1S/C13H14BrNO4/c1-3-13(2)11(16)7-12(13)19-10-5-8(14)4-9(6-10)15(17)18/h4-6,12H,3,7H2,1-2H3. The van der Waals surface area contributed by atoms with E-state index >= 15 is 0 Å². The van der Waals surface area contributed by atoms with Gasteiger partial charge in [-0.25, -0.2) is 0 Å². The molecule has 2 rings (SSSR count). The first-order chi connectivity index (χ1) is 8.86. The predicted octanol–water partition coefficient (Wildman–Crippen LogP) is 3.49. The smallest absolute Gasteiger partial charge is 0.274 e. The molecule has 19 heavy (non-hydrogen) atoms. The number of nitro benzene ring substituents is 1. The third kappa shape index (κ3) is 2.49. The molecule has 5 nitrogen and oxygen atoms in total. The van der Waals surface area contributed by atoms with Crippen molar-refractivity contribution in [3.05, 3.63) is 32.8 Å². The van der Waals surface area contributed by atoms with E-state index in [1.54, 1.807) is 6.07 Å². The lowest BCUT2D eigenvalue weighted by molar-refractivity contribution is -0.385. The van der Waals surface area contributed by atoms with Crippen molar-refractivity contribution in [3.63, 3.8) is 0 Å². The van der Waals surface area contributed by atoms with Crippen molar-refractivity contribution in [1.29, 1.82) is 0 Å². The molecule has 102 valence electrons. The van der Waals surface area contributed by atoms with Crippen molar-refractivity contribution in [2.75, 3.05) is 0 Å². The van der Waals surface area contributed by atoms with E-state index in [0.717, 1.165) is 0 Å².